The van der Waals surface area contributed by atoms with Crippen molar-refractivity contribution in [3.63, 3.8) is 0 Å². The zero-order chi connectivity index (χ0) is 7.61. The SMILES string of the molecule is CCC1(C)CNCCC1=O. The maximum absolute atomic E-state index is 11.3. The molecule has 0 spiro atoms. The van der Waals surface area contributed by atoms with Gasteiger partial charge in [0.05, 0.1) is 0 Å². The minimum atomic E-state index is -0.0712. The zero-order valence-electron chi connectivity index (χ0n) is 6.74. The van der Waals surface area contributed by atoms with Crippen LogP contribution >= 0.6 is 0 Å². The van der Waals surface area contributed by atoms with Crippen LogP contribution in [0.15, 0.2) is 0 Å². The molecule has 2 nitrogen and oxygen atoms in total. The van der Waals surface area contributed by atoms with Crippen molar-refractivity contribution < 1.29 is 4.79 Å². The molecule has 1 aliphatic rings. The fourth-order valence-electron chi connectivity index (χ4n) is 1.29. The fraction of sp³-hybridized carbons (Fsp3) is 0.875. The molecule has 0 bridgehead atoms. The molecule has 1 N–H and O–H groups in total. The van der Waals surface area contributed by atoms with Gasteiger partial charge in [0, 0.05) is 24.9 Å². The van der Waals surface area contributed by atoms with Crippen molar-refractivity contribution in [2.24, 2.45) is 5.41 Å². The van der Waals surface area contributed by atoms with E-state index in [0.29, 0.717) is 12.2 Å². The van der Waals surface area contributed by atoms with E-state index in [1.165, 1.54) is 0 Å². The van der Waals surface area contributed by atoms with Gasteiger partial charge >= 0.3 is 0 Å². The van der Waals surface area contributed by atoms with Crippen LogP contribution in [0.1, 0.15) is 26.7 Å². The summed E-state index contributed by atoms with van der Waals surface area (Å²) >= 11 is 0. The number of piperidine rings is 1. The molecule has 0 aromatic rings. The highest BCUT2D eigenvalue weighted by atomic mass is 16.1. The number of hydrogen-bond donors (Lipinski definition) is 1. The van der Waals surface area contributed by atoms with E-state index in [1.54, 1.807) is 0 Å². The quantitative estimate of drug-likeness (QED) is 0.589. The van der Waals surface area contributed by atoms with Gasteiger partial charge in [-0.05, 0) is 6.42 Å². The summed E-state index contributed by atoms with van der Waals surface area (Å²) in [5.41, 5.74) is -0.0712. The lowest BCUT2D eigenvalue weighted by Crippen LogP contribution is -2.44. The van der Waals surface area contributed by atoms with Gasteiger partial charge in [0.1, 0.15) is 5.78 Å². The van der Waals surface area contributed by atoms with Crippen molar-refractivity contribution in [1.82, 2.24) is 5.32 Å². The molecule has 1 heterocycles. The van der Waals surface area contributed by atoms with E-state index >= 15 is 0 Å². The van der Waals surface area contributed by atoms with Crippen LogP contribution in [-0.2, 0) is 4.79 Å². The van der Waals surface area contributed by atoms with Crippen LogP contribution in [0, 0.1) is 5.41 Å². The van der Waals surface area contributed by atoms with Gasteiger partial charge < -0.3 is 5.32 Å². The van der Waals surface area contributed by atoms with Crippen LogP contribution in [0.3, 0.4) is 0 Å². The summed E-state index contributed by atoms with van der Waals surface area (Å²) < 4.78 is 0. The molecule has 58 valence electrons. The summed E-state index contributed by atoms with van der Waals surface area (Å²) in [6, 6.07) is 0. The van der Waals surface area contributed by atoms with Gasteiger partial charge in [0.15, 0.2) is 0 Å². The molecule has 0 radical (unpaired) electrons. The standard InChI is InChI=1S/C8H15NO/c1-3-8(2)6-9-5-4-7(8)10/h9H,3-6H2,1-2H3. The van der Waals surface area contributed by atoms with Gasteiger partial charge in [0.25, 0.3) is 0 Å². The second-order valence-corrected chi connectivity index (χ2v) is 3.26. The number of carbonyl (C=O) groups excluding carboxylic acids is 1. The van der Waals surface area contributed by atoms with Gasteiger partial charge in [-0.3, -0.25) is 4.79 Å². The molecule has 0 aromatic carbocycles. The predicted octanol–water partition coefficient (Wildman–Crippen LogP) is 0.965. The van der Waals surface area contributed by atoms with Crippen LogP contribution in [0.5, 0.6) is 0 Å². The molecule has 0 aromatic heterocycles. The molecule has 0 amide bonds. The van der Waals surface area contributed by atoms with E-state index in [0.717, 1.165) is 19.5 Å². The van der Waals surface area contributed by atoms with Crippen LogP contribution in [0.2, 0.25) is 0 Å². The third-order valence-corrected chi connectivity index (χ3v) is 2.50. The third kappa shape index (κ3) is 1.21. The Balaban J connectivity index is 2.63. The highest BCUT2D eigenvalue weighted by Crippen LogP contribution is 2.24. The summed E-state index contributed by atoms with van der Waals surface area (Å²) in [6.45, 7) is 5.85. The Labute approximate surface area is 62.0 Å². The van der Waals surface area contributed by atoms with E-state index in [2.05, 4.69) is 12.2 Å². The Bertz CT molecular complexity index is 144. The maximum Gasteiger partial charge on any atom is 0.141 e. The zero-order valence-corrected chi connectivity index (χ0v) is 6.74. The molecular weight excluding hydrogens is 126 g/mol. The highest BCUT2D eigenvalue weighted by molar-refractivity contribution is 5.85. The van der Waals surface area contributed by atoms with E-state index in [9.17, 15) is 4.79 Å². The molecule has 1 aliphatic heterocycles. The van der Waals surface area contributed by atoms with Crippen LogP contribution in [-0.4, -0.2) is 18.9 Å². The summed E-state index contributed by atoms with van der Waals surface area (Å²) in [5, 5.41) is 3.24. The number of ketones is 1. The van der Waals surface area contributed by atoms with E-state index in [-0.39, 0.29) is 5.41 Å². The van der Waals surface area contributed by atoms with Crippen molar-refractivity contribution in [2.75, 3.05) is 13.1 Å². The summed E-state index contributed by atoms with van der Waals surface area (Å²) in [6.07, 6.45) is 1.67. The van der Waals surface area contributed by atoms with Crippen molar-refractivity contribution in [1.29, 1.82) is 0 Å². The third-order valence-electron chi connectivity index (χ3n) is 2.50. The molecule has 0 aliphatic carbocycles. The Kier molecular flexibility index (Phi) is 2.09. The van der Waals surface area contributed by atoms with Crippen molar-refractivity contribution in [3.05, 3.63) is 0 Å². The second kappa shape index (κ2) is 2.70. The molecule has 1 unspecified atom stereocenters. The van der Waals surface area contributed by atoms with Crippen LogP contribution < -0.4 is 5.32 Å². The molecule has 10 heavy (non-hydrogen) atoms. The number of hydrogen-bond acceptors (Lipinski definition) is 2. The average Bonchev–Trinajstić information content (AvgIpc) is 1.96. The lowest BCUT2D eigenvalue weighted by atomic mass is 9.79. The van der Waals surface area contributed by atoms with Crippen LogP contribution in [0.4, 0.5) is 0 Å². The summed E-state index contributed by atoms with van der Waals surface area (Å²) in [4.78, 5) is 11.3. The molecule has 1 fully saturated rings. The first-order valence-corrected chi connectivity index (χ1v) is 3.93. The molecule has 1 atom stereocenters. The number of rotatable bonds is 1. The van der Waals surface area contributed by atoms with Gasteiger partial charge in [-0.1, -0.05) is 13.8 Å². The van der Waals surface area contributed by atoms with Gasteiger partial charge in [-0.25, -0.2) is 0 Å². The Hall–Kier alpha value is -0.370. The first-order chi connectivity index (χ1) is 4.69. The monoisotopic (exact) mass is 141 g/mol. The maximum atomic E-state index is 11.3. The molecule has 1 saturated heterocycles. The van der Waals surface area contributed by atoms with E-state index in [4.69, 9.17) is 0 Å². The van der Waals surface area contributed by atoms with Gasteiger partial charge in [-0.2, -0.15) is 0 Å². The second-order valence-electron chi connectivity index (χ2n) is 3.26. The first-order valence-electron chi connectivity index (χ1n) is 3.93. The molecule has 1 rings (SSSR count). The van der Waals surface area contributed by atoms with Crippen molar-refractivity contribution in [2.45, 2.75) is 26.7 Å². The van der Waals surface area contributed by atoms with E-state index < -0.39 is 0 Å². The topological polar surface area (TPSA) is 29.1 Å². The summed E-state index contributed by atoms with van der Waals surface area (Å²) in [7, 11) is 0. The Morgan fingerprint density at radius 3 is 2.80 bits per heavy atom. The predicted molar refractivity (Wildman–Crippen MR) is 40.9 cm³/mol. The lowest BCUT2D eigenvalue weighted by Gasteiger charge is -2.31. The van der Waals surface area contributed by atoms with E-state index in [1.807, 2.05) is 6.92 Å². The number of nitrogens with one attached hydrogen (secondary N) is 1. The molecule has 2 heteroatoms. The normalized spacial score (nSPS) is 34.4. The smallest absolute Gasteiger partial charge is 0.141 e. The van der Waals surface area contributed by atoms with Gasteiger partial charge in [-0.15, -0.1) is 0 Å². The Morgan fingerprint density at radius 2 is 2.40 bits per heavy atom. The van der Waals surface area contributed by atoms with Crippen molar-refractivity contribution in [3.8, 4) is 0 Å². The number of carbonyl (C=O) groups is 1. The first kappa shape index (κ1) is 7.73. The summed E-state index contributed by atoms with van der Waals surface area (Å²) in [5.74, 6) is 0.425. The fourth-order valence-corrected chi connectivity index (χ4v) is 1.29. The minimum Gasteiger partial charge on any atom is -0.315 e. The minimum absolute atomic E-state index is 0.0712. The van der Waals surface area contributed by atoms with Crippen LogP contribution in [0.25, 0.3) is 0 Å². The van der Waals surface area contributed by atoms with Gasteiger partial charge in [0.2, 0.25) is 0 Å². The highest BCUT2D eigenvalue weighted by Gasteiger charge is 2.32. The largest absolute Gasteiger partial charge is 0.315 e. The Morgan fingerprint density at radius 1 is 1.70 bits per heavy atom. The molecular formula is C8H15NO. The lowest BCUT2D eigenvalue weighted by molar-refractivity contribution is -0.129. The van der Waals surface area contributed by atoms with Crippen molar-refractivity contribution >= 4 is 5.78 Å². The molecule has 0 saturated carbocycles. The number of Topliss-reactive ketones (excluding diaryl/α,β-unsaturated/α-hetero) is 1. The average molecular weight is 141 g/mol.